The number of carbonyl (C=O) groups excluding carboxylic acids is 1. The molecule has 2 N–H and O–H groups in total. The Morgan fingerprint density at radius 2 is 2.06 bits per heavy atom. The maximum atomic E-state index is 11.8. The number of aliphatic hydroxyl groups is 1. The third kappa shape index (κ3) is 3.53. The zero-order valence-corrected chi connectivity index (χ0v) is 9.80. The number of amides is 1. The Morgan fingerprint density at radius 1 is 1.35 bits per heavy atom. The first-order chi connectivity index (χ1) is 8.25. The first-order valence-electron chi connectivity index (χ1n) is 6.12. The molecule has 0 saturated heterocycles. The highest BCUT2D eigenvalue weighted by molar-refractivity contribution is 5.78. The first kappa shape index (κ1) is 12.0. The van der Waals surface area contributed by atoms with Gasteiger partial charge < -0.3 is 10.4 Å². The lowest BCUT2D eigenvalue weighted by Crippen LogP contribution is -2.45. The molecule has 1 amide bonds. The standard InChI is InChI=1S/C13H18N2O2/c16-12-4-2-1-3-11(12)15-13(17)9-10-5-7-14-8-6-10/h5-8,11-12,16H,1-4,9H2,(H,15,17). The summed E-state index contributed by atoms with van der Waals surface area (Å²) in [6.07, 6.45) is 7.13. The van der Waals surface area contributed by atoms with E-state index in [-0.39, 0.29) is 18.1 Å². The van der Waals surface area contributed by atoms with Crippen LogP contribution in [0, 0.1) is 0 Å². The number of rotatable bonds is 3. The van der Waals surface area contributed by atoms with Gasteiger partial charge in [0.1, 0.15) is 0 Å². The van der Waals surface area contributed by atoms with Crippen LogP contribution in [-0.4, -0.2) is 28.1 Å². The van der Waals surface area contributed by atoms with Crippen molar-refractivity contribution in [3.05, 3.63) is 30.1 Å². The summed E-state index contributed by atoms with van der Waals surface area (Å²) in [5.74, 6) is -0.0258. The Kier molecular flexibility index (Phi) is 4.09. The highest BCUT2D eigenvalue weighted by Gasteiger charge is 2.24. The Hall–Kier alpha value is -1.42. The molecule has 1 heterocycles. The highest BCUT2D eigenvalue weighted by atomic mass is 16.3. The quantitative estimate of drug-likeness (QED) is 0.821. The summed E-state index contributed by atoms with van der Waals surface area (Å²) in [6, 6.07) is 3.59. The van der Waals surface area contributed by atoms with Crippen molar-refractivity contribution in [2.45, 2.75) is 44.2 Å². The van der Waals surface area contributed by atoms with Crippen LogP contribution < -0.4 is 5.32 Å². The SMILES string of the molecule is O=C(Cc1ccncc1)NC1CCCCC1O. The van der Waals surface area contributed by atoms with E-state index in [4.69, 9.17) is 0 Å². The van der Waals surface area contributed by atoms with Crippen molar-refractivity contribution in [1.29, 1.82) is 0 Å². The van der Waals surface area contributed by atoms with Gasteiger partial charge in [0.2, 0.25) is 5.91 Å². The summed E-state index contributed by atoms with van der Waals surface area (Å²) in [4.78, 5) is 15.7. The van der Waals surface area contributed by atoms with Crippen LogP contribution in [0.4, 0.5) is 0 Å². The zero-order valence-electron chi connectivity index (χ0n) is 9.80. The maximum absolute atomic E-state index is 11.8. The van der Waals surface area contributed by atoms with Gasteiger partial charge in [-0.3, -0.25) is 9.78 Å². The Bertz CT molecular complexity index is 367. The third-order valence-corrected chi connectivity index (χ3v) is 3.19. The van der Waals surface area contributed by atoms with E-state index in [0.29, 0.717) is 6.42 Å². The molecule has 0 bridgehead atoms. The van der Waals surface area contributed by atoms with Gasteiger partial charge in [-0.15, -0.1) is 0 Å². The second-order valence-corrected chi connectivity index (χ2v) is 4.56. The van der Waals surface area contributed by atoms with Gasteiger partial charge in [-0.1, -0.05) is 12.8 Å². The molecular weight excluding hydrogens is 216 g/mol. The molecule has 2 rings (SSSR count). The minimum Gasteiger partial charge on any atom is -0.391 e. The number of nitrogens with zero attached hydrogens (tertiary/aromatic N) is 1. The molecule has 1 fully saturated rings. The van der Waals surface area contributed by atoms with Crippen molar-refractivity contribution in [3.63, 3.8) is 0 Å². The minimum absolute atomic E-state index is 0.0258. The van der Waals surface area contributed by atoms with Crippen LogP contribution in [0.3, 0.4) is 0 Å². The molecule has 2 unspecified atom stereocenters. The fourth-order valence-electron chi connectivity index (χ4n) is 2.22. The summed E-state index contributed by atoms with van der Waals surface area (Å²) in [7, 11) is 0. The van der Waals surface area contributed by atoms with E-state index in [1.807, 2.05) is 12.1 Å². The smallest absolute Gasteiger partial charge is 0.224 e. The molecule has 1 aliphatic carbocycles. The molecule has 17 heavy (non-hydrogen) atoms. The van der Waals surface area contributed by atoms with Crippen LogP contribution in [0.2, 0.25) is 0 Å². The van der Waals surface area contributed by atoms with Gasteiger partial charge in [0.25, 0.3) is 0 Å². The zero-order chi connectivity index (χ0) is 12.1. The molecule has 4 heteroatoms. The van der Waals surface area contributed by atoms with Crippen LogP contribution in [0.15, 0.2) is 24.5 Å². The number of hydrogen-bond acceptors (Lipinski definition) is 3. The van der Waals surface area contributed by atoms with Crippen LogP contribution in [0.25, 0.3) is 0 Å². The highest BCUT2D eigenvalue weighted by Crippen LogP contribution is 2.18. The van der Waals surface area contributed by atoms with Gasteiger partial charge in [-0.2, -0.15) is 0 Å². The maximum Gasteiger partial charge on any atom is 0.224 e. The van der Waals surface area contributed by atoms with Crippen molar-refractivity contribution in [1.82, 2.24) is 10.3 Å². The van der Waals surface area contributed by atoms with Crippen LogP contribution >= 0.6 is 0 Å². The van der Waals surface area contributed by atoms with E-state index < -0.39 is 0 Å². The topological polar surface area (TPSA) is 62.2 Å². The molecular formula is C13H18N2O2. The lowest BCUT2D eigenvalue weighted by molar-refractivity contribution is -0.122. The molecule has 1 aliphatic rings. The molecule has 1 aromatic rings. The van der Waals surface area contributed by atoms with Gasteiger partial charge >= 0.3 is 0 Å². The predicted molar refractivity (Wildman–Crippen MR) is 64.3 cm³/mol. The van der Waals surface area contributed by atoms with Crippen molar-refractivity contribution >= 4 is 5.91 Å². The molecule has 0 aromatic carbocycles. The number of pyridine rings is 1. The second kappa shape index (κ2) is 5.77. The lowest BCUT2D eigenvalue weighted by atomic mass is 9.92. The summed E-state index contributed by atoms with van der Waals surface area (Å²) in [5.41, 5.74) is 0.947. The van der Waals surface area contributed by atoms with Gasteiger partial charge in [-0.05, 0) is 30.5 Å². The molecule has 0 radical (unpaired) electrons. The first-order valence-corrected chi connectivity index (χ1v) is 6.12. The summed E-state index contributed by atoms with van der Waals surface area (Å²) >= 11 is 0. The number of hydrogen-bond donors (Lipinski definition) is 2. The van der Waals surface area contributed by atoms with Crippen molar-refractivity contribution < 1.29 is 9.90 Å². The van der Waals surface area contributed by atoms with E-state index in [9.17, 15) is 9.90 Å². The number of nitrogens with one attached hydrogen (secondary N) is 1. The van der Waals surface area contributed by atoms with Crippen molar-refractivity contribution in [2.24, 2.45) is 0 Å². The van der Waals surface area contributed by atoms with Crippen LogP contribution in [0.1, 0.15) is 31.2 Å². The van der Waals surface area contributed by atoms with Crippen molar-refractivity contribution in [3.8, 4) is 0 Å². The lowest BCUT2D eigenvalue weighted by Gasteiger charge is -2.28. The Morgan fingerprint density at radius 3 is 2.76 bits per heavy atom. The summed E-state index contributed by atoms with van der Waals surface area (Å²) < 4.78 is 0. The normalized spacial score (nSPS) is 24.3. The predicted octanol–water partition coefficient (Wildman–Crippen LogP) is 1.04. The van der Waals surface area contributed by atoms with Gasteiger partial charge in [0, 0.05) is 12.4 Å². The number of aromatic nitrogens is 1. The van der Waals surface area contributed by atoms with Gasteiger partial charge in [0.05, 0.1) is 18.6 Å². The van der Waals surface area contributed by atoms with Crippen LogP contribution in [0.5, 0.6) is 0 Å². The molecule has 4 nitrogen and oxygen atoms in total. The molecule has 0 spiro atoms. The molecule has 0 aliphatic heterocycles. The molecule has 1 saturated carbocycles. The van der Waals surface area contributed by atoms with Gasteiger partial charge in [-0.25, -0.2) is 0 Å². The van der Waals surface area contributed by atoms with E-state index >= 15 is 0 Å². The Balaban J connectivity index is 1.84. The van der Waals surface area contributed by atoms with E-state index in [2.05, 4.69) is 10.3 Å². The van der Waals surface area contributed by atoms with E-state index in [1.165, 1.54) is 0 Å². The number of aliphatic hydroxyl groups excluding tert-OH is 1. The number of carbonyl (C=O) groups is 1. The monoisotopic (exact) mass is 234 g/mol. The van der Waals surface area contributed by atoms with Crippen LogP contribution in [-0.2, 0) is 11.2 Å². The summed E-state index contributed by atoms with van der Waals surface area (Å²) in [5, 5.41) is 12.7. The average molecular weight is 234 g/mol. The minimum atomic E-state index is -0.384. The average Bonchev–Trinajstić information content (AvgIpc) is 2.33. The molecule has 92 valence electrons. The van der Waals surface area contributed by atoms with Crippen molar-refractivity contribution in [2.75, 3.05) is 0 Å². The third-order valence-electron chi connectivity index (χ3n) is 3.19. The molecule has 1 aromatic heterocycles. The largest absolute Gasteiger partial charge is 0.391 e. The van der Waals surface area contributed by atoms with Gasteiger partial charge in [0.15, 0.2) is 0 Å². The fraction of sp³-hybridized carbons (Fsp3) is 0.538. The van der Waals surface area contributed by atoms with E-state index in [0.717, 1.165) is 31.2 Å². The Labute approximate surface area is 101 Å². The second-order valence-electron chi connectivity index (χ2n) is 4.56. The molecule has 2 atom stereocenters. The fourth-order valence-corrected chi connectivity index (χ4v) is 2.22. The summed E-state index contributed by atoms with van der Waals surface area (Å²) in [6.45, 7) is 0. The van der Waals surface area contributed by atoms with E-state index in [1.54, 1.807) is 12.4 Å².